The molecule has 2 amide bonds. The Balaban J connectivity index is 1.25. The monoisotopic (exact) mass is 619 g/mol. The molecule has 1 spiro atoms. The number of aryl methyl sites for hydroxylation is 1. The van der Waals surface area contributed by atoms with Crippen LogP contribution in [-0.4, -0.2) is 62.2 Å². The third-order valence-electron chi connectivity index (χ3n) is 7.75. The number of methoxy groups -OCH3 is 1. The molecule has 6 rings (SSSR count). The number of hydrogen-bond acceptors (Lipinski definition) is 8. The molecule has 2 saturated heterocycles. The molecular weight excluding hydrogens is 593 g/mol. The van der Waals surface area contributed by atoms with Crippen molar-refractivity contribution in [2.45, 2.75) is 24.9 Å². The predicted octanol–water partition coefficient (Wildman–Crippen LogP) is 3.94. The molecule has 2 N–H and O–H groups in total. The molecule has 2 aliphatic rings. The van der Waals surface area contributed by atoms with E-state index in [2.05, 4.69) is 25.6 Å². The summed E-state index contributed by atoms with van der Waals surface area (Å²) in [4.78, 5) is 47.6. The summed E-state index contributed by atoms with van der Waals surface area (Å²) < 4.78 is 6.67. The van der Waals surface area contributed by atoms with Gasteiger partial charge < -0.3 is 15.4 Å². The predicted molar refractivity (Wildman–Crippen MR) is 162 cm³/mol. The molecule has 0 bridgehead atoms. The van der Waals surface area contributed by atoms with Crippen LogP contribution in [0.2, 0.25) is 10.0 Å². The number of aromatic nitrogens is 4. The molecule has 2 fully saturated rings. The summed E-state index contributed by atoms with van der Waals surface area (Å²) in [5.41, 5.74) is 2.70. The average molecular weight is 620 g/mol. The number of nitrogens with zero attached hydrogens (tertiary/aromatic N) is 5. The van der Waals surface area contributed by atoms with Crippen molar-refractivity contribution in [2.24, 2.45) is 7.05 Å². The van der Waals surface area contributed by atoms with Gasteiger partial charge in [0.05, 0.1) is 34.1 Å². The number of rotatable bonds is 7. The number of benzene rings is 2. The molecule has 4 heterocycles. The van der Waals surface area contributed by atoms with Crippen LogP contribution < -0.4 is 20.9 Å². The van der Waals surface area contributed by atoms with E-state index in [-0.39, 0.29) is 22.2 Å². The van der Waals surface area contributed by atoms with Crippen molar-refractivity contribution in [1.82, 2.24) is 30.0 Å². The normalized spacial score (nSPS) is 15.7. The van der Waals surface area contributed by atoms with Gasteiger partial charge in [-0.15, -0.1) is 0 Å². The molecule has 0 unspecified atom stereocenters. The Morgan fingerprint density at radius 1 is 1.05 bits per heavy atom. The zero-order valence-corrected chi connectivity index (χ0v) is 24.9. The lowest BCUT2D eigenvalue weighted by molar-refractivity contribution is -0.120. The van der Waals surface area contributed by atoms with Crippen molar-refractivity contribution in [3.63, 3.8) is 0 Å². The first-order chi connectivity index (χ1) is 20.7. The largest absolute Gasteiger partial charge is 0.481 e. The van der Waals surface area contributed by atoms with Crippen LogP contribution in [-0.2, 0) is 18.4 Å². The maximum Gasteiger partial charge on any atom is 0.298 e. The number of amides is 2. The van der Waals surface area contributed by atoms with Gasteiger partial charge in [-0.3, -0.25) is 19.3 Å². The van der Waals surface area contributed by atoms with Crippen molar-refractivity contribution in [1.29, 1.82) is 0 Å². The Morgan fingerprint density at radius 3 is 2.49 bits per heavy atom. The summed E-state index contributed by atoms with van der Waals surface area (Å²) in [6.07, 6.45) is 2.58. The summed E-state index contributed by atoms with van der Waals surface area (Å²) in [7, 11) is 3.01. The first kappa shape index (κ1) is 28.8. The topological polar surface area (TPSA) is 131 Å². The van der Waals surface area contributed by atoms with E-state index in [9.17, 15) is 14.4 Å². The molecule has 4 aromatic rings. The Bertz CT molecular complexity index is 1820. The highest BCUT2D eigenvalue weighted by molar-refractivity contribution is 6.39. The minimum Gasteiger partial charge on any atom is -0.481 e. The highest BCUT2D eigenvalue weighted by Gasteiger charge is 2.47. The van der Waals surface area contributed by atoms with Crippen molar-refractivity contribution < 1.29 is 14.3 Å². The number of halogens is 2. The summed E-state index contributed by atoms with van der Waals surface area (Å²) in [5.74, 6) is -0.0943. The summed E-state index contributed by atoms with van der Waals surface area (Å²) in [6.45, 7) is 2.25. The van der Waals surface area contributed by atoms with Gasteiger partial charge in [-0.25, -0.2) is 14.6 Å². The molecule has 43 heavy (non-hydrogen) atoms. The van der Waals surface area contributed by atoms with E-state index in [0.717, 1.165) is 36.1 Å². The zero-order valence-electron chi connectivity index (χ0n) is 23.4. The first-order valence-corrected chi connectivity index (χ1v) is 14.3. The molecule has 0 aliphatic carbocycles. The van der Waals surface area contributed by atoms with Crippen LogP contribution >= 0.6 is 23.2 Å². The van der Waals surface area contributed by atoms with Crippen LogP contribution in [0.25, 0.3) is 22.4 Å². The molecule has 0 saturated carbocycles. The van der Waals surface area contributed by atoms with Crippen LogP contribution in [0.4, 0.5) is 5.69 Å². The van der Waals surface area contributed by atoms with Crippen LogP contribution in [0.15, 0.2) is 59.7 Å². The highest BCUT2D eigenvalue weighted by Crippen LogP contribution is 2.41. The Labute approximate surface area is 256 Å². The van der Waals surface area contributed by atoms with E-state index in [1.165, 1.54) is 7.05 Å². The first-order valence-electron chi connectivity index (χ1n) is 13.5. The standard InChI is InChI=1S/C30H27Cl2N7O4/c1-38-29(42)26(33-16-34-38)27(41)35-22-8-4-6-19(25(22)32)18-5-3-7-20(24(18)31)21-10-9-17(28(36-21)43-2)13-39-14-30(15-39)12-11-23(40)37-30/h3-10,16H,11-15H2,1-2H3,(H,35,41)(H,37,40). The van der Waals surface area contributed by atoms with E-state index in [1.807, 2.05) is 30.3 Å². The molecule has 13 heteroatoms. The molecule has 2 aliphatic heterocycles. The molecular formula is C30H27Cl2N7O4. The van der Waals surface area contributed by atoms with Gasteiger partial charge in [0.1, 0.15) is 6.33 Å². The maximum absolute atomic E-state index is 12.8. The van der Waals surface area contributed by atoms with Gasteiger partial charge in [-0.05, 0) is 18.6 Å². The second-order valence-corrected chi connectivity index (χ2v) is 11.4. The number of anilines is 1. The Hall–Kier alpha value is -4.32. The summed E-state index contributed by atoms with van der Waals surface area (Å²) >= 11 is 13.7. The second kappa shape index (κ2) is 11.4. The van der Waals surface area contributed by atoms with Crippen LogP contribution in [0.1, 0.15) is 28.9 Å². The lowest BCUT2D eigenvalue weighted by Crippen LogP contribution is -2.66. The molecule has 11 nitrogen and oxygen atoms in total. The number of carbonyl (C=O) groups excluding carboxylic acids is 2. The van der Waals surface area contributed by atoms with E-state index in [0.29, 0.717) is 51.9 Å². The number of carbonyl (C=O) groups is 2. The lowest BCUT2D eigenvalue weighted by atomic mass is 9.88. The van der Waals surface area contributed by atoms with Crippen LogP contribution in [0.5, 0.6) is 5.88 Å². The maximum atomic E-state index is 12.8. The minimum absolute atomic E-state index is 0.0972. The lowest BCUT2D eigenvalue weighted by Gasteiger charge is -2.48. The number of likely N-dealkylation sites (tertiary alicyclic amines) is 1. The van der Waals surface area contributed by atoms with Gasteiger partial charge in [-0.2, -0.15) is 5.10 Å². The van der Waals surface area contributed by atoms with Gasteiger partial charge in [0.15, 0.2) is 5.69 Å². The second-order valence-electron chi connectivity index (χ2n) is 10.7. The Kier molecular flexibility index (Phi) is 7.63. The third kappa shape index (κ3) is 5.47. The molecule has 0 radical (unpaired) electrons. The van der Waals surface area contributed by atoms with E-state index in [4.69, 9.17) is 32.9 Å². The van der Waals surface area contributed by atoms with E-state index in [1.54, 1.807) is 25.3 Å². The van der Waals surface area contributed by atoms with Gasteiger partial charge in [-0.1, -0.05) is 59.6 Å². The van der Waals surface area contributed by atoms with E-state index < -0.39 is 11.5 Å². The van der Waals surface area contributed by atoms with Gasteiger partial charge in [0, 0.05) is 55.4 Å². The third-order valence-corrected chi connectivity index (χ3v) is 8.56. The molecule has 220 valence electrons. The van der Waals surface area contributed by atoms with Gasteiger partial charge in [0.2, 0.25) is 11.8 Å². The van der Waals surface area contributed by atoms with Crippen LogP contribution in [0, 0.1) is 0 Å². The van der Waals surface area contributed by atoms with E-state index >= 15 is 0 Å². The smallest absolute Gasteiger partial charge is 0.298 e. The fourth-order valence-electron chi connectivity index (χ4n) is 5.62. The Morgan fingerprint density at radius 2 is 1.77 bits per heavy atom. The van der Waals surface area contributed by atoms with Crippen molar-refractivity contribution >= 4 is 40.7 Å². The number of pyridine rings is 1. The fraction of sp³-hybridized carbons (Fsp3) is 0.267. The quantitative estimate of drug-likeness (QED) is 0.318. The SMILES string of the molecule is COc1nc(-c2cccc(-c3cccc(NC(=O)c4ncnn(C)c4=O)c3Cl)c2Cl)ccc1CN1CC2(CCC(=O)N2)C1. The highest BCUT2D eigenvalue weighted by atomic mass is 35.5. The molecule has 2 aromatic heterocycles. The number of ether oxygens (including phenoxy) is 1. The average Bonchev–Trinajstić information content (AvgIpc) is 3.37. The summed E-state index contributed by atoms with van der Waals surface area (Å²) in [5, 5.41) is 10.2. The minimum atomic E-state index is -0.709. The zero-order chi connectivity index (χ0) is 30.3. The van der Waals surface area contributed by atoms with Crippen molar-refractivity contribution in [3.8, 4) is 28.3 Å². The fourth-order valence-corrected chi connectivity index (χ4v) is 6.22. The van der Waals surface area contributed by atoms with Crippen molar-refractivity contribution in [2.75, 3.05) is 25.5 Å². The molecule has 2 aromatic carbocycles. The van der Waals surface area contributed by atoms with Crippen LogP contribution in [0.3, 0.4) is 0 Å². The number of hydrogen-bond donors (Lipinski definition) is 2. The summed E-state index contributed by atoms with van der Waals surface area (Å²) in [6, 6.07) is 14.5. The molecule has 0 atom stereocenters. The van der Waals surface area contributed by atoms with Gasteiger partial charge in [0.25, 0.3) is 11.5 Å². The van der Waals surface area contributed by atoms with Gasteiger partial charge >= 0.3 is 0 Å². The van der Waals surface area contributed by atoms with Crippen molar-refractivity contribution in [3.05, 3.63) is 86.5 Å². The number of nitrogens with one attached hydrogen (secondary N) is 2.